The highest BCUT2D eigenvalue weighted by Gasteiger charge is 2.25. The van der Waals surface area contributed by atoms with Gasteiger partial charge in [-0.3, -0.25) is 0 Å². The molecule has 0 unspecified atom stereocenters. The number of hydrogen-bond acceptors (Lipinski definition) is 2. The molecule has 0 aromatic heterocycles. The van der Waals surface area contributed by atoms with Gasteiger partial charge in [-0.2, -0.15) is 0 Å². The first-order chi connectivity index (χ1) is 8.61. The Bertz CT molecular complexity index is 438. The van der Waals surface area contributed by atoms with Gasteiger partial charge in [-0.25, -0.2) is 0 Å². The van der Waals surface area contributed by atoms with Gasteiger partial charge in [0.1, 0.15) is 4.99 Å². The third kappa shape index (κ3) is 3.22. The van der Waals surface area contributed by atoms with Crippen LogP contribution in [-0.2, 0) is 0 Å². The Morgan fingerprint density at radius 1 is 1.44 bits per heavy atom. The van der Waals surface area contributed by atoms with E-state index in [1.165, 1.54) is 24.1 Å². The molecule has 0 amide bonds. The second-order valence-corrected chi connectivity index (χ2v) is 5.71. The lowest BCUT2D eigenvalue weighted by Gasteiger charge is -2.27. The van der Waals surface area contributed by atoms with Gasteiger partial charge in [0.2, 0.25) is 0 Å². The Morgan fingerprint density at radius 2 is 2.17 bits per heavy atom. The van der Waals surface area contributed by atoms with Gasteiger partial charge in [0.05, 0.1) is 0 Å². The molecule has 0 atom stereocenters. The highest BCUT2D eigenvalue weighted by Crippen LogP contribution is 2.33. The number of anilines is 1. The van der Waals surface area contributed by atoms with Crippen molar-refractivity contribution in [1.29, 1.82) is 0 Å². The van der Waals surface area contributed by atoms with Gasteiger partial charge < -0.3 is 10.6 Å². The number of nitrogens with zero attached hydrogens (tertiary/aromatic N) is 1. The molecule has 2 nitrogen and oxygen atoms in total. The summed E-state index contributed by atoms with van der Waals surface area (Å²) in [5.74, 6) is 0.872. The largest absolute Gasteiger partial charge is 0.389 e. The van der Waals surface area contributed by atoms with Gasteiger partial charge in [0.25, 0.3) is 0 Å². The van der Waals surface area contributed by atoms with Crippen LogP contribution >= 0.6 is 12.2 Å². The average molecular weight is 262 g/mol. The van der Waals surface area contributed by atoms with E-state index < -0.39 is 0 Å². The fraction of sp³-hybridized carbons (Fsp3) is 0.533. The molecular weight excluding hydrogens is 240 g/mol. The minimum absolute atomic E-state index is 0.502. The van der Waals surface area contributed by atoms with Crippen molar-refractivity contribution in [3.05, 3.63) is 29.3 Å². The van der Waals surface area contributed by atoms with Crippen molar-refractivity contribution < 1.29 is 0 Å². The van der Waals surface area contributed by atoms with E-state index in [4.69, 9.17) is 18.0 Å². The summed E-state index contributed by atoms with van der Waals surface area (Å²) in [6.45, 7) is 6.56. The van der Waals surface area contributed by atoms with Crippen LogP contribution in [0.5, 0.6) is 0 Å². The van der Waals surface area contributed by atoms with Gasteiger partial charge in [-0.05, 0) is 49.8 Å². The molecule has 1 aliphatic carbocycles. The third-order valence-corrected chi connectivity index (χ3v) is 3.65. The normalized spacial score (nSPS) is 14.6. The van der Waals surface area contributed by atoms with E-state index in [0.29, 0.717) is 4.99 Å². The van der Waals surface area contributed by atoms with Crippen molar-refractivity contribution >= 4 is 22.9 Å². The van der Waals surface area contributed by atoms with Crippen LogP contribution in [-0.4, -0.2) is 18.1 Å². The SMILES string of the molecule is CCCN(CC1CC1)c1cc(C)ccc1C(N)=S. The molecule has 1 saturated carbocycles. The van der Waals surface area contributed by atoms with E-state index in [9.17, 15) is 0 Å². The molecule has 0 aliphatic heterocycles. The average Bonchev–Trinajstić information content (AvgIpc) is 3.12. The lowest BCUT2D eigenvalue weighted by molar-refractivity contribution is 0.707. The summed E-state index contributed by atoms with van der Waals surface area (Å²) in [6.07, 6.45) is 3.89. The predicted molar refractivity (Wildman–Crippen MR) is 82.3 cm³/mol. The molecule has 1 fully saturated rings. The molecule has 3 heteroatoms. The predicted octanol–water partition coefficient (Wildman–Crippen LogP) is 3.26. The maximum absolute atomic E-state index is 5.85. The van der Waals surface area contributed by atoms with Gasteiger partial charge in [-0.15, -0.1) is 0 Å². The summed E-state index contributed by atoms with van der Waals surface area (Å²) >= 11 is 5.18. The molecule has 98 valence electrons. The van der Waals surface area contributed by atoms with Crippen LogP contribution in [0, 0.1) is 12.8 Å². The first-order valence-electron chi connectivity index (χ1n) is 6.77. The van der Waals surface area contributed by atoms with Crippen LogP contribution < -0.4 is 10.6 Å². The zero-order chi connectivity index (χ0) is 13.1. The van der Waals surface area contributed by atoms with Crippen molar-refractivity contribution in [3.8, 4) is 0 Å². The second-order valence-electron chi connectivity index (χ2n) is 5.27. The molecule has 2 rings (SSSR count). The van der Waals surface area contributed by atoms with E-state index in [1.807, 2.05) is 0 Å². The smallest absolute Gasteiger partial charge is 0.106 e. The van der Waals surface area contributed by atoms with Crippen molar-refractivity contribution in [2.45, 2.75) is 33.1 Å². The molecule has 2 N–H and O–H groups in total. The summed E-state index contributed by atoms with van der Waals surface area (Å²) < 4.78 is 0. The van der Waals surface area contributed by atoms with Gasteiger partial charge in [0, 0.05) is 24.3 Å². The van der Waals surface area contributed by atoms with Crippen molar-refractivity contribution in [3.63, 3.8) is 0 Å². The molecule has 0 spiro atoms. The summed E-state index contributed by atoms with van der Waals surface area (Å²) in [5, 5.41) is 0. The molecule has 18 heavy (non-hydrogen) atoms. The van der Waals surface area contributed by atoms with E-state index in [2.05, 4.69) is 36.9 Å². The van der Waals surface area contributed by atoms with E-state index in [-0.39, 0.29) is 0 Å². The standard InChI is InChI=1S/C15H22N2S/c1-3-8-17(10-12-5-6-12)14-9-11(2)4-7-13(14)15(16)18/h4,7,9,12H,3,5-6,8,10H2,1-2H3,(H2,16,18). The Morgan fingerprint density at radius 3 is 2.72 bits per heavy atom. The number of rotatable bonds is 6. The number of hydrogen-bond donors (Lipinski definition) is 1. The molecule has 1 aliphatic rings. The van der Waals surface area contributed by atoms with E-state index >= 15 is 0 Å². The fourth-order valence-electron chi connectivity index (χ4n) is 2.30. The van der Waals surface area contributed by atoms with Crippen molar-refractivity contribution in [1.82, 2.24) is 0 Å². The van der Waals surface area contributed by atoms with Crippen LogP contribution in [0.1, 0.15) is 37.3 Å². The maximum Gasteiger partial charge on any atom is 0.106 e. The fourth-order valence-corrected chi connectivity index (χ4v) is 2.48. The lowest BCUT2D eigenvalue weighted by Crippen LogP contribution is -2.29. The first kappa shape index (κ1) is 13.3. The third-order valence-electron chi connectivity index (χ3n) is 3.43. The molecule has 1 aromatic carbocycles. The van der Waals surface area contributed by atoms with Crippen molar-refractivity contribution in [2.75, 3.05) is 18.0 Å². The van der Waals surface area contributed by atoms with E-state index in [0.717, 1.165) is 31.0 Å². The van der Waals surface area contributed by atoms with Gasteiger partial charge in [0.15, 0.2) is 0 Å². The zero-order valence-corrected chi connectivity index (χ0v) is 12.1. The Labute approximate surface area is 115 Å². The molecule has 0 saturated heterocycles. The monoisotopic (exact) mass is 262 g/mol. The summed E-state index contributed by atoms with van der Waals surface area (Å²) in [6, 6.07) is 6.36. The second kappa shape index (κ2) is 5.70. The Kier molecular flexibility index (Phi) is 4.23. The number of thiocarbonyl (C=S) groups is 1. The Balaban J connectivity index is 2.30. The zero-order valence-electron chi connectivity index (χ0n) is 11.3. The van der Waals surface area contributed by atoms with Crippen LogP contribution in [0.4, 0.5) is 5.69 Å². The molecule has 0 bridgehead atoms. The van der Waals surface area contributed by atoms with Crippen LogP contribution in [0.3, 0.4) is 0 Å². The number of aryl methyl sites for hydroxylation is 1. The summed E-state index contributed by atoms with van der Waals surface area (Å²) in [7, 11) is 0. The minimum Gasteiger partial charge on any atom is -0.389 e. The van der Waals surface area contributed by atoms with Crippen molar-refractivity contribution in [2.24, 2.45) is 11.7 Å². The van der Waals surface area contributed by atoms with Gasteiger partial charge >= 0.3 is 0 Å². The number of nitrogens with two attached hydrogens (primary N) is 1. The molecular formula is C15H22N2S. The topological polar surface area (TPSA) is 29.3 Å². The molecule has 0 heterocycles. The Hall–Kier alpha value is -1.09. The minimum atomic E-state index is 0.502. The van der Waals surface area contributed by atoms with Crippen LogP contribution in [0.15, 0.2) is 18.2 Å². The van der Waals surface area contributed by atoms with E-state index in [1.54, 1.807) is 0 Å². The highest BCUT2D eigenvalue weighted by atomic mass is 32.1. The highest BCUT2D eigenvalue weighted by molar-refractivity contribution is 7.80. The lowest BCUT2D eigenvalue weighted by atomic mass is 10.1. The van der Waals surface area contributed by atoms with Crippen LogP contribution in [0.2, 0.25) is 0 Å². The summed E-state index contributed by atoms with van der Waals surface area (Å²) in [5.41, 5.74) is 9.35. The maximum atomic E-state index is 5.85. The summed E-state index contributed by atoms with van der Waals surface area (Å²) in [4.78, 5) is 2.96. The molecule has 0 radical (unpaired) electrons. The van der Waals surface area contributed by atoms with Gasteiger partial charge in [-0.1, -0.05) is 25.2 Å². The molecule has 1 aromatic rings. The number of benzene rings is 1. The first-order valence-corrected chi connectivity index (χ1v) is 7.18. The quantitative estimate of drug-likeness (QED) is 0.798. The van der Waals surface area contributed by atoms with Crippen LogP contribution in [0.25, 0.3) is 0 Å².